The van der Waals surface area contributed by atoms with Crippen LogP contribution < -0.4 is 0 Å². The number of ketones is 1. The monoisotopic (exact) mass is 100 g/mol. The van der Waals surface area contributed by atoms with Crippen LogP contribution in [0, 0.1) is 0 Å². The van der Waals surface area contributed by atoms with Crippen molar-refractivity contribution in [3.05, 3.63) is 0 Å². The number of Topliss-reactive ketones (excluding diaryl/α,β-unsaturated/α-hetero) is 1. The van der Waals surface area contributed by atoms with Gasteiger partial charge in [-0.15, -0.1) is 0 Å². The van der Waals surface area contributed by atoms with E-state index in [0.717, 1.165) is 6.61 Å². The largest absolute Gasteiger partial charge is 0.373 e. The Balaban J connectivity index is 2.08. The van der Waals surface area contributed by atoms with E-state index in [2.05, 4.69) is 0 Å². The van der Waals surface area contributed by atoms with Gasteiger partial charge in [-0.3, -0.25) is 4.79 Å². The Labute approximate surface area is 42.5 Å². The topological polar surface area (TPSA) is 29.6 Å². The summed E-state index contributed by atoms with van der Waals surface area (Å²) < 4.78 is 4.80. The average Bonchev–Trinajstić information content (AvgIpc) is 2.17. The van der Waals surface area contributed by atoms with Gasteiger partial charge >= 0.3 is 0 Å². The number of hydrogen-bond donors (Lipinski definition) is 0. The Bertz CT molecular complexity index is 84.1. The molecule has 1 saturated heterocycles. The van der Waals surface area contributed by atoms with Crippen LogP contribution in [-0.2, 0) is 9.53 Å². The summed E-state index contributed by atoms with van der Waals surface area (Å²) in [5, 5.41) is 0. The molecule has 1 aliphatic heterocycles. The summed E-state index contributed by atoms with van der Waals surface area (Å²) in [6, 6.07) is 0. The minimum atomic E-state index is 0.225. The van der Waals surface area contributed by atoms with Crippen molar-refractivity contribution in [3.63, 3.8) is 0 Å². The summed E-state index contributed by atoms with van der Waals surface area (Å²) in [5.41, 5.74) is 0. The molecule has 1 fully saturated rings. The fraction of sp³-hybridized carbons (Fsp3) is 0.800. The maximum Gasteiger partial charge on any atom is 0.132 e. The molecular weight excluding hydrogens is 92.1 g/mol. The third kappa shape index (κ3) is 1.69. The van der Waals surface area contributed by atoms with Gasteiger partial charge in [0.1, 0.15) is 5.78 Å². The van der Waals surface area contributed by atoms with Gasteiger partial charge in [0.2, 0.25) is 0 Å². The standard InChI is InChI=1S/C5H8O2/c1-4(6)2-5-3-7-5/h5H,2-3H2,1H3/t5-/m0/s1. The first kappa shape index (κ1) is 4.78. The van der Waals surface area contributed by atoms with Crippen LogP contribution in [0.15, 0.2) is 0 Å². The van der Waals surface area contributed by atoms with Crippen LogP contribution >= 0.6 is 0 Å². The molecule has 0 saturated carbocycles. The first-order valence-corrected chi connectivity index (χ1v) is 2.40. The number of epoxide rings is 1. The molecule has 1 rings (SSSR count). The van der Waals surface area contributed by atoms with E-state index >= 15 is 0 Å². The van der Waals surface area contributed by atoms with E-state index in [1.54, 1.807) is 6.92 Å². The fourth-order valence-corrected chi connectivity index (χ4v) is 0.507. The van der Waals surface area contributed by atoms with Crippen LogP contribution in [0.5, 0.6) is 0 Å². The highest BCUT2D eigenvalue weighted by atomic mass is 16.6. The molecule has 1 atom stereocenters. The zero-order valence-electron chi connectivity index (χ0n) is 4.31. The van der Waals surface area contributed by atoms with Crippen molar-refractivity contribution in [2.45, 2.75) is 19.4 Å². The third-order valence-corrected chi connectivity index (χ3v) is 0.917. The highest BCUT2D eigenvalue weighted by molar-refractivity contribution is 5.76. The molecular formula is C5H8O2. The molecule has 0 radical (unpaired) electrons. The zero-order valence-corrected chi connectivity index (χ0v) is 4.31. The van der Waals surface area contributed by atoms with Crippen LogP contribution in [0.25, 0.3) is 0 Å². The molecule has 1 aliphatic rings. The van der Waals surface area contributed by atoms with Crippen LogP contribution in [0.2, 0.25) is 0 Å². The molecule has 0 N–H and O–H groups in total. The highest BCUT2D eigenvalue weighted by Crippen LogP contribution is 2.12. The lowest BCUT2D eigenvalue weighted by atomic mass is 10.2. The zero-order chi connectivity index (χ0) is 5.28. The maximum atomic E-state index is 10.2. The quantitative estimate of drug-likeness (QED) is 0.469. The van der Waals surface area contributed by atoms with Gasteiger partial charge in [-0.2, -0.15) is 0 Å². The molecule has 1 heterocycles. The van der Waals surface area contributed by atoms with E-state index in [1.807, 2.05) is 0 Å². The molecule has 7 heavy (non-hydrogen) atoms. The first-order chi connectivity index (χ1) is 3.29. The van der Waals surface area contributed by atoms with Crippen LogP contribution in [0.1, 0.15) is 13.3 Å². The van der Waals surface area contributed by atoms with Gasteiger partial charge in [0, 0.05) is 6.42 Å². The lowest BCUT2D eigenvalue weighted by molar-refractivity contribution is -0.117. The smallest absolute Gasteiger partial charge is 0.132 e. The Morgan fingerprint density at radius 2 is 2.57 bits per heavy atom. The predicted octanol–water partition coefficient (Wildman–Crippen LogP) is 0.364. The van der Waals surface area contributed by atoms with E-state index < -0.39 is 0 Å². The van der Waals surface area contributed by atoms with Crippen molar-refractivity contribution < 1.29 is 9.53 Å². The molecule has 0 unspecified atom stereocenters. The second kappa shape index (κ2) is 1.62. The number of ether oxygens (including phenoxy) is 1. The molecule has 0 aromatic carbocycles. The van der Waals surface area contributed by atoms with E-state index in [1.165, 1.54) is 0 Å². The lowest BCUT2D eigenvalue weighted by Gasteiger charge is -1.81. The van der Waals surface area contributed by atoms with Crippen molar-refractivity contribution in [2.75, 3.05) is 6.61 Å². The number of hydrogen-bond acceptors (Lipinski definition) is 2. The number of carbonyl (C=O) groups excluding carboxylic acids is 1. The third-order valence-electron chi connectivity index (χ3n) is 0.917. The number of carbonyl (C=O) groups is 1. The molecule has 0 aromatic rings. The molecule has 0 amide bonds. The van der Waals surface area contributed by atoms with Crippen molar-refractivity contribution in [3.8, 4) is 0 Å². The molecule has 2 nitrogen and oxygen atoms in total. The Kier molecular flexibility index (Phi) is 1.11. The Morgan fingerprint density at radius 3 is 2.71 bits per heavy atom. The van der Waals surface area contributed by atoms with Crippen molar-refractivity contribution in [1.29, 1.82) is 0 Å². The first-order valence-electron chi connectivity index (χ1n) is 2.40. The van der Waals surface area contributed by atoms with E-state index in [9.17, 15) is 4.79 Å². The summed E-state index contributed by atoms with van der Waals surface area (Å²) in [6.07, 6.45) is 0.887. The van der Waals surface area contributed by atoms with Gasteiger partial charge in [-0.05, 0) is 6.92 Å². The second-order valence-electron chi connectivity index (χ2n) is 1.86. The summed E-state index contributed by atoms with van der Waals surface area (Å²) in [5.74, 6) is 0.225. The molecule has 2 heteroatoms. The highest BCUT2D eigenvalue weighted by Gasteiger charge is 2.23. The van der Waals surface area contributed by atoms with Gasteiger partial charge in [-0.25, -0.2) is 0 Å². The van der Waals surface area contributed by atoms with Crippen LogP contribution in [-0.4, -0.2) is 18.5 Å². The summed E-state index contributed by atoms with van der Waals surface area (Å²) in [6.45, 7) is 2.38. The average molecular weight is 100 g/mol. The fourth-order valence-electron chi connectivity index (χ4n) is 0.507. The lowest BCUT2D eigenvalue weighted by Crippen LogP contribution is -1.94. The molecule has 0 aromatic heterocycles. The molecule has 40 valence electrons. The Morgan fingerprint density at radius 1 is 2.00 bits per heavy atom. The van der Waals surface area contributed by atoms with Crippen LogP contribution in [0.4, 0.5) is 0 Å². The summed E-state index contributed by atoms with van der Waals surface area (Å²) in [4.78, 5) is 10.2. The van der Waals surface area contributed by atoms with Crippen molar-refractivity contribution >= 4 is 5.78 Å². The maximum absolute atomic E-state index is 10.2. The van der Waals surface area contributed by atoms with Crippen LogP contribution in [0.3, 0.4) is 0 Å². The van der Waals surface area contributed by atoms with Crippen molar-refractivity contribution in [2.24, 2.45) is 0 Å². The second-order valence-corrected chi connectivity index (χ2v) is 1.86. The molecule has 0 spiro atoms. The van der Waals surface area contributed by atoms with Gasteiger partial charge in [0.25, 0.3) is 0 Å². The SMILES string of the molecule is CC(=O)C[C@H]1CO1. The summed E-state index contributed by atoms with van der Waals surface area (Å²) >= 11 is 0. The normalized spacial score (nSPS) is 27.3. The number of rotatable bonds is 2. The van der Waals surface area contributed by atoms with Gasteiger partial charge < -0.3 is 4.74 Å². The molecule has 0 aliphatic carbocycles. The van der Waals surface area contributed by atoms with E-state index in [0.29, 0.717) is 6.42 Å². The minimum absolute atomic E-state index is 0.225. The van der Waals surface area contributed by atoms with Crippen molar-refractivity contribution in [1.82, 2.24) is 0 Å². The van der Waals surface area contributed by atoms with E-state index in [4.69, 9.17) is 4.74 Å². The van der Waals surface area contributed by atoms with E-state index in [-0.39, 0.29) is 11.9 Å². The van der Waals surface area contributed by atoms with Gasteiger partial charge in [0.05, 0.1) is 12.7 Å². The Hall–Kier alpha value is -0.370. The van der Waals surface area contributed by atoms with Gasteiger partial charge in [-0.1, -0.05) is 0 Å². The molecule has 0 bridgehead atoms. The summed E-state index contributed by atoms with van der Waals surface area (Å²) in [7, 11) is 0. The van der Waals surface area contributed by atoms with Gasteiger partial charge in [0.15, 0.2) is 0 Å². The minimum Gasteiger partial charge on any atom is -0.373 e. The predicted molar refractivity (Wildman–Crippen MR) is 25.0 cm³/mol.